The smallest absolute Gasteiger partial charge is 0.253 e. The summed E-state index contributed by atoms with van der Waals surface area (Å²) in [5.74, 6) is -0.430. The van der Waals surface area contributed by atoms with Crippen molar-refractivity contribution >= 4 is 17.6 Å². The third-order valence-electron chi connectivity index (χ3n) is 7.37. The summed E-state index contributed by atoms with van der Waals surface area (Å²) in [7, 11) is 0. The zero-order valence-corrected chi connectivity index (χ0v) is 25.4. The van der Waals surface area contributed by atoms with Crippen LogP contribution in [-0.4, -0.2) is 145 Å². The van der Waals surface area contributed by atoms with Crippen molar-refractivity contribution in [2.24, 2.45) is 0 Å². The van der Waals surface area contributed by atoms with Crippen LogP contribution < -0.4 is 31.9 Å². The number of carbonyl (C=O) groups excluding carboxylic acids is 3. The highest BCUT2D eigenvalue weighted by atomic mass is 16.5. The van der Waals surface area contributed by atoms with E-state index in [1.807, 2.05) is 6.92 Å². The van der Waals surface area contributed by atoms with Crippen LogP contribution in [0.2, 0.25) is 0 Å². The maximum absolute atomic E-state index is 13.9. The number of benzene rings is 1. The van der Waals surface area contributed by atoms with Crippen LogP contribution in [0, 0.1) is 0 Å². The number of hydrogen-bond donors (Lipinski definition) is 6. The van der Waals surface area contributed by atoms with Gasteiger partial charge < -0.3 is 46.4 Å². The van der Waals surface area contributed by atoms with Crippen molar-refractivity contribution in [1.82, 2.24) is 41.7 Å². The molecule has 0 atom stereocenters. The van der Waals surface area contributed by atoms with Gasteiger partial charge in [-0.1, -0.05) is 0 Å². The Labute approximate surface area is 251 Å². The molecule has 12 heteroatoms. The van der Waals surface area contributed by atoms with Crippen LogP contribution in [-0.2, 0) is 4.74 Å². The molecule has 0 bridgehead atoms. The molecule has 2 saturated heterocycles. The Hall–Kier alpha value is -2.45. The third kappa shape index (κ3) is 12.4. The highest BCUT2D eigenvalue weighted by molar-refractivity contribution is 6.05. The summed E-state index contributed by atoms with van der Waals surface area (Å²) in [5.41, 5.74) is 1.15. The van der Waals surface area contributed by atoms with Gasteiger partial charge in [0.2, 0.25) is 0 Å². The van der Waals surface area contributed by atoms with Crippen molar-refractivity contribution in [3.63, 3.8) is 0 Å². The second kappa shape index (κ2) is 20.5. The molecule has 6 N–H and O–H groups in total. The van der Waals surface area contributed by atoms with Crippen molar-refractivity contribution in [3.8, 4) is 0 Å². The molecular formula is C30H52N8O4. The lowest BCUT2D eigenvalue weighted by atomic mass is 9.99. The van der Waals surface area contributed by atoms with E-state index in [1.54, 1.807) is 28.0 Å². The highest BCUT2D eigenvalue weighted by Crippen LogP contribution is 2.17. The molecule has 2 amide bonds. The Balaban J connectivity index is 1.84. The van der Waals surface area contributed by atoms with Gasteiger partial charge in [-0.3, -0.25) is 14.4 Å². The second-order valence-electron chi connectivity index (χ2n) is 10.6. The van der Waals surface area contributed by atoms with Gasteiger partial charge >= 0.3 is 0 Å². The molecule has 2 aliphatic rings. The molecular weight excluding hydrogens is 536 g/mol. The molecule has 1 aromatic rings. The fourth-order valence-corrected chi connectivity index (χ4v) is 4.97. The molecule has 2 fully saturated rings. The summed E-state index contributed by atoms with van der Waals surface area (Å²) in [5, 5.41) is 20.3. The molecule has 0 aliphatic carbocycles. The topological polar surface area (TPSA) is 139 Å². The predicted octanol–water partition coefficient (Wildman–Crippen LogP) is -0.865. The van der Waals surface area contributed by atoms with E-state index in [4.69, 9.17) is 4.74 Å². The van der Waals surface area contributed by atoms with Gasteiger partial charge in [0.15, 0.2) is 5.78 Å². The Morgan fingerprint density at radius 3 is 1.33 bits per heavy atom. The number of Topliss-reactive ketones (excluding diaryl/α,β-unsaturated/α-hetero) is 1. The largest absolute Gasteiger partial charge is 0.382 e. The molecule has 2 heterocycles. The molecule has 3 rings (SSSR count). The van der Waals surface area contributed by atoms with Gasteiger partial charge in [-0.2, -0.15) is 0 Å². The van der Waals surface area contributed by atoms with Crippen LogP contribution in [0.25, 0.3) is 0 Å². The first-order valence-electron chi connectivity index (χ1n) is 15.7. The minimum absolute atomic E-state index is 0.0903. The second-order valence-corrected chi connectivity index (χ2v) is 10.6. The third-order valence-corrected chi connectivity index (χ3v) is 7.37. The number of nitrogens with one attached hydrogen (secondary N) is 6. The predicted molar refractivity (Wildman–Crippen MR) is 166 cm³/mol. The van der Waals surface area contributed by atoms with Crippen molar-refractivity contribution in [1.29, 1.82) is 0 Å². The summed E-state index contributed by atoms with van der Waals surface area (Å²) in [6.07, 6.45) is 0.882. The van der Waals surface area contributed by atoms with Gasteiger partial charge in [0.05, 0.1) is 0 Å². The van der Waals surface area contributed by atoms with E-state index in [1.165, 1.54) is 0 Å². The number of rotatable bonds is 8. The molecule has 0 aromatic heterocycles. The summed E-state index contributed by atoms with van der Waals surface area (Å²) in [4.78, 5) is 44.6. The molecule has 2 aliphatic heterocycles. The lowest BCUT2D eigenvalue weighted by molar-refractivity contribution is 0.0756. The normalized spacial score (nSPS) is 19.1. The highest BCUT2D eigenvalue weighted by Gasteiger charge is 2.23. The van der Waals surface area contributed by atoms with Crippen molar-refractivity contribution in [2.75, 3.05) is 118 Å². The minimum atomic E-state index is -0.170. The Bertz CT molecular complexity index is 879. The number of hydrogen-bond acceptors (Lipinski definition) is 10. The maximum Gasteiger partial charge on any atom is 0.253 e. The van der Waals surface area contributed by atoms with Crippen molar-refractivity contribution in [2.45, 2.75) is 19.8 Å². The molecule has 42 heavy (non-hydrogen) atoms. The van der Waals surface area contributed by atoms with Crippen LogP contribution in [0.1, 0.15) is 50.8 Å². The minimum Gasteiger partial charge on any atom is -0.382 e. The van der Waals surface area contributed by atoms with Gasteiger partial charge in [-0.05, 0) is 31.5 Å². The summed E-state index contributed by atoms with van der Waals surface area (Å²) < 4.78 is 5.41. The molecule has 0 unspecified atom stereocenters. The van der Waals surface area contributed by atoms with Crippen molar-refractivity contribution < 1.29 is 19.1 Å². The molecule has 0 radical (unpaired) electrons. The van der Waals surface area contributed by atoms with Gasteiger partial charge in [-0.15, -0.1) is 0 Å². The molecule has 0 spiro atoms. The standard InChI is InChI=1S/C30H52N8O4/c1-2-42-21-3-4-28(39)25-22-26(29(40)37-17-13-33-9-5-31-6-10-34-14-18-37)24-27(23-25)30(41)38-19-15-35-11-7-32-8-12-36-16-20-38/h22-24,31-36H,2-21H2,1H3. The Morgan fingerprint density at radius 2 is 0.952 bits per heavy atom. The fraction of sp³-hybridized carbons (Fsp3) is 0.700. The fourth-order valence-electron chi connectivity index (χ4n) is 4.97. The van der Waals surface area contributed by atoms with E-state index in [0.717, 1.165) is 52.4 Å². The number of ketones is 1. The first kappa shape index (κ1) is 34.0. The van der Waals surface area contributed by atoms with Gasteiger partial charge in [-0.25, -0.2) is 0 Å². The number of ether oxygens (including phenoxy) is 1. The van der Waals surface area contributed by atoms with E-state index >= 15 is 0 Å². The summed E-state index contributed by atoms with van der Waals surface area (Å²) in [6, 6.07) is 4.99. The molecule has 236 valence electrons. The van der Waals surface area contributed by atoms with Crippen LogP contribution in [0.3, 0.4) is 0 Å². The van der Waals surface area contributed by atoms with Crippen LogP contribution in [0.4, 0.5) is 0 Å². The summed E-state index contributed by atoms with van der Waals surface area (Å²) >= 11 is 0. The van der Waals surface area contributed by atoms with Gasteiger partial charge in [0, 0.05) is 141 Å². The quantitative estimate of drug-likeness (QED) is 0.168. The average Bonchev–Trinajstić information content (AvgIpc) is 2.99. The van der Waals surface area contributed by atoms with Gasteiger partial charge in [0.25, 0.3) is 11.8 Å². The lowest BCUT2D eigenvalue weighted by Gasteiger charge is -2.26. The average molecular weight is 589 g/mol. The monoisotopic (exact) mass is 588 g/mol. The van der Waals surface area contributed by atoms with Crippen molar-refractivity contribution in [3.05, 3.63) is 34.9 Å². The summed E-state index contributed by atoms with van der Waals surface area (Å²) in [6.45, 7) is 14.6. The molecule has 0 saturated carbocycles. The van der Waals surface area contributed by atoms with Crippen LogP contribution in [0.5, 0.6) is 0 Å². The van der Waals surface area contributed by atoms with E-state index in [-0.39, 0.29) is 17.6 Å². The zero-order valence-electron chi connectivity index (χ0n) is 25.4. The van der Waals surface area contributed by atoms with E-state index in [0.29, 0.717) is 95.1 Å². The molecule has 12 nitrogen and oxygen atoms in total. The van der Waals surface area contributed by atoms with E-state index in [2.05, 4.69) is 31.9 Å². The van der Waals surface area contributed by atoms with Crippen LogP contribution in [0.15, 0.2) is 18.2 Å². The van der Waals surface area contributed by atoms with E-state index in [9.17, 15) is 14.4 Å². The van der Waals surface area contributed by atoms with Gasteiger partial charge in [0.1, 0.15) is 0 Å². The SMILES string of the molecule is CCOCCCC(=O)c1cc(C(=O)N2CCNCCNCCNCC2)cc(C(=O)N2CCNCCNCCNCC2)c1. The lowest BCUT2D eigenvalue weighted by Crippen LogP contribution is -2.44. The molecule has 1 aromatic carbocycles. The first-order valence-corrected chi connectivity index (χ1v) is 15.7. The number of amides is 2. The first-order chi connectivity index (χ1) is 20.6. The Kier molecular flexibility index (Phi) is 16.6. The number of carbonyl (C=O) groups is 3. The zero-order chi connectivity index (χ0) is 29.8. The van der Waals surface area contributed by atoms with Crippen LogP contribution >= 0.6 is 0 Å². The Morgan fingerprint density at radius 1 is 0.595 bits per heavy atom. The maximum atomic E-state index is 13.9. The van der Waals surface area contributed by atoms with E-state index < -0.39 is 0 Å². The number of nitrogens with zero attached hydrogens (tertiary/aromatic N) is 2.